The van der Waals surface area contributed by atoms with Gasteiger partial charge in [0.25, 0.3) is 5.91 Å². The Morgan fingerprint density at radius 1 is 0.968 bits per heavy atom. The number of nitrogens with zero attached hydrogens (tertiary/aromatic N) is 2. The van der Waals surface area contributed by atoms with E-state index in [0.717, 1.165) is 5.56 Å². The van der Waals surface area contributed by atoms with E-state index in [0.29, 0.717) is 16.1 Å². The summed E-state index contributed by atoms with van der Waals surface area (Å²) in [6.07, 6.45) is 0.128. The molecule has 1 amide bonds. The average molecular weight is 453 g/mol. The third-order valence-electron chi connectivity index (χ3n) is 4.79. The van der Waals surface area contributed by atoms with Crippen molar-refractivity contribution in [1.82, 2.24) is 4.90 Å². The van der Waals surface area contributed by atoms with Crippen LogP contribution in [0.4, 0.5) is 0 Å². The molecule has 1 atom stereocenters. The van der Waals surface area contributed by atoms with Crippen LogP contribution in [0, 0.1) is 11.3 Å². The predicted octanol–water partition coefficient (Wildman–Crippen LogP) is 5.20. The van der Waals surface area contributed by atoms with Crippen molar-refractivity contribution in [2.24, 2.45) is 0 Å². The van der Waals surface area contributed by atoms with Gasteiger partial charge in [0.2, 0.25) is 0 Å². The first-order valence-electron chi connectivity index (χ1n) is 9.41. The SMILES string of the molecule is N#Cc1ccc(CN(C(=O)c2ccc(Cl)cc2Cl)C(Cc2ccccc2)C(=O)O)cc1. The molecule has 0 heterocycles. The van der Waals surface area contributed by atoms with E-state index in [9.17, 15) is 14.7 Å². The Morgan fingerprint density at radius 2 is 1.65 bits per heavy atom. The van der Waals surface area contributed by atoms with Crippen LogP contribution in [0.1, 0.15) is 27.0 Å². The lowest BCUT2D eigenvalue weighted by Crippen LogP contribution is -2.46. The van der Waals surface area contributed by atoms with E-state index in [2.05, 4.69) is 0 Å². The lowest BCUT2D eigenvalue weighted by molar-refractivity contribution is -0.142. The number of hydrogen-bond acceptors (Lipinski definition) is 3. The molecule has 0 aliphatic heterocycles. The number of rotatable bonds is 7. The monoisotopic (exact) mass is 452 g/mol. The maximum atomic E-state index is 13.4. The Labute approximate surface area is 190 Å². The van der Waals surface area contributed by atoms with E-state index in [-0.39, 0.29) is 23.6 Å². The first-order chi connectivity index (χ1) is 14.9. The van der Waals surface area contributed by atoms with Crippen LogP contribution in [0.25, 0.3) is 0 Å². The smallest absolute Gasteiger partial charge is 0.326 e. The summed E-state index contributed by atoms with van der Waals surface area (Å²) in [4.78, 5) is 26.9. The van der Waals surface area contributed by atoms with Gasteiger partial charge in [-0.05, 0) is 41.5 Å². The van der Waals surface area contributed by atoms with Crippen LogP contribution in [0.15, 0.2) is 72.8 Å². The van der Waals surface area contributed by atoms with Crippen molar-refractivity contribution >= 4 is 35.1 Å². The van der Waals surface area contributed by atoms with Gasteiger partial charge in [0, 0.05) is 18.0 Å². The fraction of sp³-hybridized carbons (Fsp3) is 0.125. The molecule has 3 rings (SSSR count). The topological polar surface area (TPSA) is 81.4 Å². The Morgan fingerprint density at radius 3 is 2.23 bits per heavy atom. The number of carbonyl (C=O) groups excluding carboxylic acids is 1. The molecule has 1 unspecified atom stereocenters. The number of carboxylic acid groups (broad SMARTS) is 1. The Bertz CT molecular complexity index is 1130. The fourth-order valence-electron chi connectivity index (χ4n) is 3.19. The lowest BCUT2D eigenvalue weighted by Gasteiger charge is -2.30. The van der Waals surface area contributed by atoms with Crippen molar-refractivity contribution in [2.75, 3.05) is 0 Å². The molecule has 0 spiro atoms. The second kappa shape index (κ2) is 10.1. The predicted molar refractivity (Wildman–Crippen MR) is 119 cm³/mol. The molecule has 5 nitrogen and oxygen atoms in total. The van der Waals surface area contributed by atoms with Crippen LogP contribution in [0.2, 0.25) is 10.0 Å². The van der Waals surface area contributed by atoms with Gasteiger partial charge in [-0.25, -0.2) is 4.79 Å². The standard InChI is InChI=1S/C24H18Cl2N2O3/c25-19-10-11-20(21(26)13-19)23(29)28(15-18-8-6-17(14-27)7-9-18)22(24(30)31)12-16-4-2-1-3-5-16/h1-11,13,22H,12,15H2,(H,30,31). The minimum atomic E-state index is -1.13. The molecule has 0 aliphatic rings. The molecule has 3 aromatic rings. The molecule has 0 radical (unpaired) electrons. The minimum Gasteiger partial charge on any atom is -0.480 e. The largest absolute Gasteiger partial charge is 0.480 e. The van der Waals surface area contributed by atoms with Crippen LogP contribution in [-0.4, -0.2) is 27.9 Å². The Hall–Kier alpha value is -3.33. The van der Waals surface area contributed by atoms with Crippen LogP contribution in [-0.2, 0) is 17.8 Å². The highest BCUT2D eigenvalue weighted by Gasteiger charge is 2.31. The third-order valence-corrected chi connectivity index (χ3v) is 5.34. The molecule has 0 aromatic heterocycles. The van der Waals surface area contributed by atoms with E-state index in [1.165, 1.54) is 23.1 Å². The number of nitriles is 1. The zero-order valence-electron chi connectivity index (χ0n) is 16.3. The highest BCUT2D eigenvalue weighted by molar-refractivity contribution is 6.36. The molecular formula is C24H18Cl2N2O3. The van der Waals surface area contributed by atoms with E-state index in [1.807, 2.05) is 36.4 Å². The van der Waals surface area contributed by atoms with Crippen molar-refractivity contribution in [3.63, 3.8) is 0 Å². The van der Waals surface area contributed by atoms with E-state index in [1.54, 1.807) is 24.3 Å². The van der Waals surface area contributed by atoms with Gasteiger partial charge in [0.1, 0.15) is 6.04 Å². The maximum Gasteiger partial charge on any atom is 0.326 e. The highest BCUT2D eigenvalue weighted by atomic mass is 35.5. The molecule has 3 aromatic carbocycles. The summed E-state index contributed by atoms with van der Waals surface area (Å²) >= 11 is 12.2. The molecule has 156 valence electrons. The number of amides is 1. The van der Waals surface area contributed by atoms with Crippen molar-refractivity contribution in [1.29, 1.82) is 5.26 Å². The van der Waals surface area contributed by atoms with E-state index < -0.39 is 17.9 Å². The second-order valence-electron chi connectivity index (χ2n) is 6.91. The third kappa shape index (κ3) is 5.64. The fourth-order valence-corrected chi connectivity index (χ4v) is 3.68. The van der Waals surface area contributed by atoms with Crippen molar-refractivity contribution in [3.8, 4) is 6.07 Å². The van der Waals surface area contributed by atoms with Gasteiger partial charge in [0.15, 0.2) is 0 Å². The molecule has 0 bridgehead atoms. The molecule has 31 heavy (non-hydrogen) atoms. The molecule has 1 N–H and O–H groups in total. The van der Waals surface area contributed by atoms with Crippen molar-refractivity contribution in [2.45, 2.75) is 19.0 Å². The molecule has 0 fully saturated rings. The number of carboxylic acids is 1. The van der Waals surface area contributed by atoms with Crippen molar-refractivity contribution in [3.05, 3.63) is 105 Å². The summed E-state index contributed by atoms with van der Waals surface area (Å²) in [5, 5.41) is 19.5. The van der Waals surface area contributed by atoms with Gasteiger partial charge >= 0.3 is 5.97 Å². The number of hydrogen-bond donors (Lipinski definition) is 1. The van der Waals surface area contributed by atoms with Gasteiger partial charge < -0.3 is 10.0 Å². The highest BCUT2D eigenvalue weighted by Crippen LogP contribution is 2.25. The van der Waals surface area contributed by atoms with Crippen LogP contribution >= 0.6 is 23.2 Å². The summed E-state index contributed by atoms with van der Waals surface area (Å²) in [5.74, 6) is -1.65. The summed E-state index contributed by atoms with van der Waals surface area (Å²) in [6.45, 7) is 0.0350. The summed E-state index contributed by atoms with van der Waals surface area (Å²) in [7, 11) is 0. The van der Waals surface area contributed by atoms with E-state index >= 15 is 0 Å². The number of benzene rings is 3. The Balaban J connectivity index is 2.01. The molecule has 7 heteroatoms. The number of carbonyl (C=O) groups is 2. The van der Waals surface area contributed by atoms with Crippen molar-refractivity contribution < 1.29 is 14.7 Å². The van der Waals surface area contributed by atoms with Gasteiger partial charge in [-0.2, -0.15) is 5.26 Å². The quantitative estimate of drug-likeness (QED) is 0.533. The average Bonchev–Trinajstić information content (AvgIpc) is 2.76. The summed E-state index contributed by atoms with van der Waals surface area (Å²) in [5.41, 5.74) is 2.12. The summed E-state index contributed by atoms with van der Waals surface area (Å²) in [6, 6.07) is 21.1. The zero-order chi connectivity index (χ0) is 22.4. The van der Waals surface area contributed by atoms with Gasteiger partial charge in [-0.1, -0.05) is 65.7 Å². The lowest BCUT2D eigenvalue weighted by atomic mass is 10.0. The molecule has 0 saturated carbocycles. The first kappa shape index (κ1) is 22.4. The summed E-state index contributed by atoms with van der Waals surface area (Å²) < 4.78 is 0. The Kier molecular flexibility index (Phi) is 7.30. The first-order valence-corrected chi connectivity index (χ1v) is 10.2. The number of aliphatic carboxylic acids is 1. The molecule has 0 saturated heterocycles. The second-order valence-corrected chi connectivity index (χ2v) is 7.75. The molecule has 0 aliphatic carbocycles. The van der Waals surface area contributed by atoms with Crippen LogP contribution in [0.3, 0.4) is 0 Å². The van der Waals surface area contributed by atoms with Crippen LogP contribution in [0.5, 0.6) is 0 Å². The normalized spacial score (nSPS) is 11.4. The number of halogens is 2. The van der Waals surface area contributed by atoms with Gasteiger partial charge in [0.05, 0.1) is 22.2 Å². The molecular weight excluding hydrogens is 435 g/mol. The zero-order valence-corrected chi connectivity index (χ0v) is 17.8. The maximum absolute atomic E-state index is 13.4. The minimum absolute atomic E-state index is 0.0350. The van der Waals surface area contributed by atoms with E-state index in [4.69, 9.17) is 28.5 Å². The van der Waals surface area contributed by atoms with Gasteiger partial charge in [-0.15, -0.1) is 0 Å². The van der Waals surface area contributed by atoms with Gasteiger partial charge in [-0.3, -0.25) is 4.79 Å². The van der Waals surface area contributed by atoms with Crippen LogP contribution < -0.4 is 0 Å².